The summed E-state index contributed by atoms with van der Waals surface area (Å²) in [4.78, 5) is 25.4. The van der Waals surface area contributed by atoms with E-state index in [1.165, 1.54) is 83.5 Å². The summed E-state index contributed by atoms with van der Waals surface area (Å²) >= 11 is 0. The molecule has 3 unspecified atom stereocenters. The molecule has 0 fully saturated rings. The Morgan fingerprint density at radius 3 is 1.35 bits per heavy atom. The first kappa shape index (κ1) is 65.9. The lowest BCUT2D eigenvalue weighted by Gasteiger charge is -2.29. The second-order valence-electron chi connectivity index (χ2n) is 19.2. The summed E-state index contributed by atoms with van der Waals surface area (Å²) in [6, 6.07) is -0.912. The van der Waals surface area contributed by atoms with Gasteiger partial charge in [-0.05, 0) is 96.3 Å². The van der Waals surface area contributed by atoms with Crippen LogP contribution in [-0.4, -0.2) is 68.5 Å². The summed E-state index contributed by atoms with van der Waals surface area (Å²) < 4.78 is 23.2. The summed E-state index contributed by atoms with van der Waals surface area (Å²) in [5.74, 6) is -0.219. The van der Waals surface area contributed by atoms with Crippen molar-refractivity contribution in [2.75, 3.05) is 40.9 Å². The zero-order valence-corrected chi connectivity index (χ0v) is 45.6. The standard InChI is InChI=1S/C60H103N2O6P/c1-6-8-10-12-14-16-18-20-21-22-23-24-25-26-27-28-29-30-31-32-33-34-35-36-37-38-39-40-41-42-44-46-48-50-52-54-60(64)61-58(57-68-69(65,66)67-56-55-62(3,4)5)59(63)53-51-49-47-45-43-19-17-15-13-11-9-7-2/h8,10,14,16,20-21,23-24,26-27,29-30,32-33,35-36,43,45,51,53,58-59,63H,6-7,9,11-13,15,17-19,22,25,28,31,34,37-42,44,46-50,52,54-57H2,1-5H3,(H-,61,64,65,66)/b10-8-,16-14-,21-20-,24-23-,27-26-,30-29-,33-32-,36-35-,45-43+,53-51+. The van der Waals surface area contributed by atoms with Gasteiger partial charge in [0.2, 0.25) is 5.91 Å². The van der Waals surface area contributed by atoms with Crippen molar-refractivity contribution in [2.24, 2.45) is 0 Å². The number of carbonyl (C=O) groups is 1. The molecule has 1 amide bonds. The SMILES string of the molecule is CC/C=C\C/C=C\C/C=C\C/C=C\C/C=C\C/C=C\C/C=C\C/C=C\CCCCCCCCCCCCC(=O)NC(COP(=O)([O-])OCC[N+](C)(C)C)C(O)/C=C/CC/C=C/CCCCCCCC. The number of hydrogen-bond acceptors (Lipinski definition) is 6. The molecule has 0 rings (SSSR count). The highest BCUT2D eigenvalue weighted by atomic mass is 31.2. The van der Waals surface area contributed by atoms with Gasteiger partial charge in [0.25, 0.3) is 7.82 Å². The fourth-order valence-electron chi connectivity index (χ4n) is 7.12. The van der Waals surface area contributed by atoms with Gasteiger partial charge in [-0.2, -0.15) is 0 Å². The molecule has 0 saturated heterocycles. The second kappa shape index (κ2) is 49.9. The predicted octanol–water partition coefficient (Wildman–Crippen LogP) is 16.0. The van der Waals surface area contributed by atoms with Crippen LogP contribution in [0.5, 0.6) is 0 Å². The molecular formula is C60H103N2O6P. The summed E-state index contributed by atoms with van der Waals surface area (Å²) in [6.45, 7) is 4.47. The molecular weight excluding hydrogens is 876 g/mol. The van der Waals surface area contributed by atoms with E-state index in [9.17, 15) is 19.4 Å². The number of rotatable bonds is 48. The van der Waals surface area contributed by atoms with Crippen LogP contribution in [0.25, 0.3) is 0 Å². The van der Waals surface area contributed by atoms with E-state index in [0.29, 0.717) is 17.4 Å². The summed E-state index contributed by atoms with van der Waals surface area (Å²) in [7, 11) is 1.22. The molecule has 9 heteroatoms. The fraction of sp³-hybridized carbons (Fsp3) is 0.650. The number of allylic oxidation sites excluding steroid dienone is 19. The Morgan fingerprint density at radius 1 is 0.522 bits per heavy atom. The maximum absolute atomic E-state index is 12.9. The first-order chi connectivity index (χ1) is 33.5. The predicted molar refractivity (Wildman–Crippen MR) is 297 cm³/mol. The number of amides is 1. The number of phosphoric ester groups is 1. The lowest BCUT2D eigenvalue weighted by atomic mass is 10.0. The average Bonchev–Trinajstić information content (AvgIpc) is 3.31. The molecule has 3 atom stereocenters. The first-order valence-electron chi connectivity index (χ1n) is 27.4. The molecule has 0 spiro atoms. The zero-order valence-electron chi connectivity index (χ0n) is 44.7. The molecule has 0 heterocycles. The van der Waals surface area contributed by atoms with Gasteiger partial charge < -0.3 is 28.8 Å². The third-order valence-corrected chi connectivity index (χ3v) is 12.4. The highest BCUT2D eigenvalue weighted by molar-refractivity contribution is 7.45. The van der Waals surface area contributed by atoms with E-state index in [-0.39, 0.29) is 12.5 Å². The topological polar surface area (TPSA) is 108 Å². The van der Waals surface area contributed by atoms with Crippen molar-refractivity contribution in [2.45, 2.75) is 212 Å². The van der Waals surface area contributed by atoms with E-state index in [1.54, 1.807) is 6.08 Å². The van der Waals surface area contributed by atoms with Crippen molar-refractivity contribution in [3.05, 3.63) is 122 Å². The Morgan fingerprint density at radius 2 is 0.899 bits per heavy atom. The lowest BCUT2D eigenvalue weighted by molar-refractivity contribution is -0.870. The van der Waals surface area contributed by atoms with Crippen LogP contribution < -0.4 is 10.2 Å². The number of phosphoric acid groups is 1. The van der Waals surface area contributed by atoms with Gasteiger partial charge >= 0.3 is 0 Å². The molecule has 69 heavy (non-hydrogen) atoms. The summed E-state index contributed by atoms with van der Waals surface area (Å²) in [6.07, 6.45) is 74.2. The molecule has 0 aromatic heterocycles. The molecule has 0 saturated carbocycles. The number of aliphatic hydroxyl groups is 1. The van der Waals surface area contributed by atoms with E-state index in [1.807, 2.05) is 27.2 Å². The molecule has 8 nitrogen and oxygen atoms in total. The van der Waals surface area contributed by atoms with Gasteiger partial charge in [-0.15, -0.1) is 0 Å². The number of hydrogen-bond donors (Lipinski definition) is 2. The van der Waals surface area contributed by atoms with Gasteiger partial charge in [-0.1, -0.05) is 219 Å². The van der Waals surface area contributed by atoms with Crippen LogP contribution >= 0.6 is 7.82 Å². The Hall–Kier alpha value is -3.10. The fourth-order valence-corrected chi connectivity index (χ4v) is 7.85. The van der Waals surface area contributed by atoms with Gasteiger partial charge in [0.05, 0.1) is 39.9 Å². The second-order valence-corrected chi connectivity index (χ2v) is 20.6. The molecule has 394 valence electrons. The van der Waals surface area contributed by atoms with Crippen molar-refractivity contribution in [3.63, 3.8) is 0 Å². The van der Waals surface area contributed by atoms with Crippen molar-refractivity contribution < 1.29 is 32.9 Å². The van der Waals surface area contributed by atoms with Crippen LogP contribution in [0, 0.1) is 0 Å². The summed E-state index contributed by atoms with van der Waals surface area (Å²) in [5, 5.41) is 13.8. The lowest BCUT2D eigenvalue weighted by Crippen LogP contribution is -2.45. The van der Waals surface area contributed by atoms with Crippen LogP contribution in [0.15, 0.2) is 122 Å². The average molecular weight is 979 g/mol. The van der Waals surface area contributed by atoms with Gasteiger partial charge in [0.1, 0.15) is 13.2 Å². The highest BCUT2D eigenvalue weighted by Gasteiger charge is 2.23. The van der Waals surface area contributed by atoms with Crippen LogP contribution in [-0.2, 0) is 18.4 Å². The number of nitrogens with one attached hydrogen (secondary N) is 1. The van der Waals surface area contributed by atoms with Crippen molar-refractivity contribution in [3.8, 4) is 0 Å². The van der Waals surface area contributed by atoms with Gasteiger partial charge in [0.15, 0.2) is 0 Å². The maximum Gasteiger partial charge on any atom is 0.268 e. The zero-order chi connectivity index (χ0) is 50.6. The quantitative estimate of drug-likeness (QED) is 0.0272. The highest BCUT2D eigenvalue weighted by Crippen LogP contribution is 2.38. The molecule has 0 aliphatic heterocycles. The van der Waals surface area contributed by atoms with Crippen molar-refractivity contribution in [1.29, 1.82) is 0 Å². The molecule has 0 aliphatic carbocycles. The van der Waals surface area contributed by atoms with Crippen LogP contribution in [0.3, 0.4) is 0 Å². The summed E-state index contributed by atoms with van der Waals surface area (Å²) in [5.41, 5.74) is 0. The molecule has 0 aliphatic rings. The van der Waals surface area contributed by atoms with E-state index in [4.69, 9.17) is 9.05 Å². The van der Waals surface area contributed by atoms with Gasteiger partial charge in [-0.3, -0.25) is 9.36 Å². The van der Waals surface area contributed by atoms with Crippen molar-refractivity contribution >= 4 is 13.7 Å². The number of carbonyl (C=O) groups excluding carboxylic acids is 1. The van der Waals surface area contributed by atoms with Crippen LogP contribution in [0.1, 0.15) is 200 Å². The Bertz CT molecular complexity index is 1530. The number of nitrogens with zero attached hydrogens (tertiary/aromatic N) is 1. The van der Waals surface area contributed by atoms with Crippen LogP contribution in [0.4, 0.5) is 0 Å². The molecule has 0 aromatic rings. The molecule has 0 aromatic carbocycles. The minimum absolute atomic E-state index is 0.0132. The minimum Gasteiger partial charge on any atom is -0.756 e. The molecule has 2 N–H and O–H groups in total. The third-order valence-electron chi connectivity index (χ3n) is 11.4. The number of unbranched alkanes of at least 4 members (excludes halogenated alkanes) is 17. The molecule has 0 radical (unpaired) electrons. The Balaban J connectivity index is 4.15. The van der Waals surface area contributed by atoms with Gasteiger partial charge in [-0.25, -0.2) is 0 Å². The largest absolute Gasteiger partial charge is 0.756 e. The van der Waals surface area contributed by atoms with E-state index in [0.717, 1.165) is 96.3 Å². The normalized spacial score (nSPS) is 14.9. The number of aliphatic hydroxyl groups excluding tert-OH is 1. The van der Waals surface area contributed by atoms with E-state index in [2.05, 4.69) is 129 Å². The Labute approximate surface area is 424 Å². The van der Waals surface area contributed by atoms with E-state index >= 15 is 0 Å². The first-order valence-corrected chi connectivity index (χ1v) is 28.9. The van der Waals surface area contributed by atoms with Crippen LogP contribution in [0.2, 0.25) is 0 Å². The Kier molecular flexibility index (Phi) is 47.6. The maximum atomic E-state index is 12.9. The third kappa shape index (κ3) is 52.6. The number of quaternary nitrogens is 1. The molecule has 0 bridgehead atoms. The monoisotopic (exact) mass is 979 g/mol. The minimum atomic E-state index is -4.61. The number of likely N-dealkylation sites (N-methyl/N-ethyl adjacent to an activating group) is 1. The van der Waals surface area contributed by atoms with Gasteiger partial charge in [0, 0.05) is 6.42 Å². The van der Waals surface area contributed by atoms with E-state index < -0.39 is 26.6 Å². The smallest absolute Gasteiger partial charge is 0.268 e. The van der Waals surface area contributed by atoms with Crippen molar-refractivity contribution in [1.82, 2.24) is 5.32 Å².